The molecule has 0 atom stereocenters. The molecule has 2 fully saturated rings. The average Bonchev–Trinajstić information content (AvgIpc) is 2.61. The molecule has 1 aromatic carbocycles. The van der Waals surface area contributed by atoms with Crippen molar-refractivity contribution in [3.8, 4) is 0 Å². The Morgan fingerprint density at radius 3 is 2.50 bits per heavy atom. The predicted octanol–water partition coefficient (Wildman–Crippen LogP) is 1.39. The highest BCUT2D eigenvalue weighted by atomic mass is 32.2. The van der Waals surface area contributed by atoms with Crippen LogP contribution in [0.3, 0.4) is 0 Å². The Morgan fingerprint density at radius 1 is 1.08 bits per heavy atom. The van der Waals surface area contributed by atoms with Crippen LogP contribution in [0.25, 0.3) is 0 Å². The van der Waals surface area contributed by atoms with Crippen molar-refractivity contribution in [2.75, 3.05) is 49.3 Å². The van der Waals surface area contributed by atoms with E-state index in [1.807, 2.05) is 4.90 Å². The lowest BCUT2D eigenvalue weighted by Gasteiger charge is -2.34. The van der Waals surface area contributed by atoms with Crippen LogP contribution in [-0.4, -0.2) is 69.1 Å². The first-order valence-corrected chi connectivity index (χ1v) is 10.2. The first-order valence-electron chi connectivity index (χ1n) is 8.63. The molecule has 0 N–H and O–H groups in total. The van der Waals surface area contributed by atoms with Crippen molar-refractivity contribution in [3.63, 3.8) is 0 Å². The minimum Gasteiger partial charge on any atom is -0.336 e. The molecule has 24 heavy (non-hydrogen) atoms. The normalized spacial score (nSPS) is 21.7. The minimum absolute atomic E-state index is 0.0120. The Bertz CT molecular complexity index is 697. The third kappa shape index (κ3) is 3.57. The van der Waals surface area contributed by atoms with Gasteiger partial charge in [0.1, 0.15) is 0 Å². The fourth-order valence-corrected chi connectivity index (χ4v) is 4.95. The topological polar surface area (TPSA) is 60.9 Å². The number of carbonyl (C=O) groups is 1. The van der Waals surface area contributed by atoms with Gasteiger partial charge in [0.15, 0.2) is 0 Å². The number of nitrogens with zero attached hydrogens (tertiary/aromatic N) is 3. The summed E-state index contributed by atoms with van der Waals surface area (Å²) in [5.41, 5.74) is 1.17. The Hall–Kier alpha value is -1.60. The van der Waals surface area contributed by atoms with E-state index < -0.39 is 10.0 Å². The number of likely N-dealkylation sites (N-methyl/N-ethyl adjacent to an activating group) is 1. The molecular weight excluding hydrogens is 326 g/mol. The minimum atomic E-state index is -3.25. The average molecular weight is 351 g/mol. The number of anilines is 1. The molecule has 7 heteroatoms. The van der Waals surface area contributed by atoms with Crippen molar-refractivity contribution in [1.82, 2.24) is 9.80 Å². The van der Waals surface area contributed by atoms with E-state index in [0.29, 0.717) is 24.2 Å². The van der Waals surface area contributed by atoms with Gasteiger partial charge in [-0.15, -0.1) is 0 Å². The maximum atomic E-state index is 12.7. The maximum Gasteiger partial charge on any atom is 0.254 e. The summed E-state index contributed by atoms with van der Waals surface area (Å²) < 4.78 is 26.0. The first-order chi connectivity index (χ1) is 11.5. The highest BCUT2D eigenvalue weighted by molar-refractivity contribution is 7.92. The third-order valence-electron chi connectivity index (χ3n) is 4.84. The van der Waals surface area contributed by atoms with Crippen LogP contribution in [0.5, 0.6) is 0 Å². The van der Waals surface area contributed by atoms with E-state index >= 15 is 0 Å². The van der Waals surface area contributed by atoms with E-state index in [1.54, 1.807) is 24.3 Å². The van der Waals surface area contributed by atoms with Crippen LogP contribution in [0.4, 0.5) is 5.69 Å². The molecule has 0 aliphatic carbocycles. The third-order valence-corrected chi connectivity index (χ3v) is 6.71. The zero-order valence-corrected chi connectivity index (χ0v) is 15.0. The van der Waals surface area contributed by atoms with Crippen molar-refractivity contribution in [3.05, 3.63) is 29.8 Å². The number of amides is 1. The summed E-state index contributed by atoms with van der Waals surface area (Å²) in [7, 11) is -3.25. The van der Waals surface area contributed by atoms with Crippen LogP contribution in [0.2, 0.25) is 0 Å². The predicted molar refractivity (Wildman–Crippen MR) is 94.8 cm³/mol. The van der Waals surface area contributed by atoms with E-state index in [1.165, 1.54) is 4.31 Å². The highest BCUT2D eigenvalue weighted by Crippen LogP contribution is 2.25. The van der Waals surface area contributed by atoms with Crippen LogP contribution in [0.1, 0.15) is 30.1 Å². The summed E-state index contributed by atoms with van der Waals surface area (Å²) in [6.45, 7) is 6.85. The lowest BCUT2D eigenvalue weighted by Crippen LogP contribution is -2.48. The summed E-state index contributed by atoms with van der Waals surface area (Å²) in [4.78, 5) is 16.9. The smallest absolute Gasteiger partial charge is 0.254 e. The van der Waals surface area contributed by atoms with E-state index in [4.69, 9.17) is 0 Å². The van der Waals surface area contributed by atoms with Gasteiger partial charge in [-0.25, -0.2) is 8.42 Å². The highest BCUT2D eigenvalue weighted by Gasteiger charge is 2.27. The quantitative estimate of drug-likeness (QED) is 0.826. The second kappa shape index (κ2) is 7.11. The van der Waals surface area contributed by atoms with Gasteiger partial charge in [0.05, 0.1) is 11.4 Å². The monoisotopic (exact) mass is 351 g/mol. The number of carbonyl (C=O) groups excluding carboxylic acids is 1. The summed E-state index contributed by atoms with van der Waals surface area (Å²) in [5.74, 6) is 0.173. The molecule has 3 rings (SSSR count). The molecule has 0 unspecified atom stereocenters. The zero-order chi connectivity index (χ0) is 17.2. The zero-order valence-electron chi connectivity index (χ0n) is 14.1. The van der Waals surface area contributed by atoms with Gasteiger partial charge in [0, 0.05) is 38.3 Å². The Morgan fingerprint density at radius 2 is 1.83 bits per heavy atom. The van der Waals surface area contributed by atoms with Crippen molar-refractivity contribution in [1.29, 1.82) is 0 Å². The SMILES string of the molecule is CCN1CCN(C(=O)c2cccc(N3CCCCS3(=O)=O)c2)CC1. The molecule has 0 aromatic heterocycles. The van der Waals surface area contributed by atoms with Crippen LogP contribution in [-0.2, 0) is 10.0 Å². The van der Waals surface area contributed by atoms with Gasteiger partial charge < -0.3 is 9.80 Å². The summed E-state index contributed by atoms with van der Waals surface area (Å²) in [6, 6.07) is 7.04. The molecule has 0 spiro atoms. The number of hydrogen-bond acceptors (Lipinski definition) is 4. The van der Waals surface area contributed by atoms with E-state index in [9.17, 15) is 13.2 Å². The van der Waals surface area contributed by atoms with Crippen molar-refractivity contribution >= 4 is 21.6 Å². The van der Waals surface area contributed by atoms with E-state index in [0.717, 1.165) is 39.1 Å². The molecule has 2 heterocycles. The van der Waals surface area contributed by atoms with Gasteiger partial charge in [0.2, 0.25) is 10.0 Å². The molecule has 0 bridgehead atoms. The second-order valence-corrected chi connectivity index (χ2v) is 8.38. The molecule has 1 aromatic rings. The summed E-state index contributed by atoms with van der Waals surface area (Å²) in [5, 5.41) is 0. The standard InChI is InChI=1S/C17H25N3O3S/c1-2-18-9-11-19(12-10-18)17(21)15-6-5-7-16(14-15)20-8-3-4-13-24(20,22)23/h5-7,14H,2-4,8-13H2,1H3. The molecule has 132 valence electrons. The molecule has 1 amide bonds. The van der Waals surface area contributed by atoms with Gasteiger partial charge in [-0.2, -0.15) is 0 Å². The van der Waals surface area contributed by atoms with Crippen LogP contribution in [0.15, 0.2) is 24.3 Å². The van der Waals surface area contributed by atoms with Gasteiger partial charge >= 0.3 is 0 Å². The fourth-order valence-electron chi connectivity index (χ4n) is 3.32. The lowest BCUT2D eigenvalue weighted by atomic mass is 10.1. The number of hydrogen-bond donors (Lipinski definition) is 0. The molecule has 0 radical (unpaired) electrons. The molecular formula is C17H25N3O3S. The Kier molecular flexibility index (Phi) is 5.10. The van der Waals surface area contributed by atoms with Crippen molar-refractivity contribution < 1.29 is 13.2 Å². The van der Waals surface area contributed by atoms with Gasteiger partial charge in [0.25, 0.3) is 5.91 Å². The fraction of sp³-hybridized carbons (Fsp3) is 0.588. The molecule has 6 nitrogen and oxygen atoms in total. The summed E-state index contributed by atoms with van der Waals surface area (Å²) >= 11 is 0. The van der Waals surface area contributed by atoms with E-state index in [-0.39, 0.29) is 11.7 Å². The largest absolute Gasteiger partial charge is 0.336 e. The molecule has 2 aliphatic rings. The van der Waals surface area contributed by atoms with Gasteiger partial charge in [-0.1, -0.05) is 13.0 Å². The summed E-state index contributed by atoms with van der Waals surface area (Å²) in [6.07, 6.45) is 1.57. The molecule has 2 aliphatic heterocycles. The molecule has 2 saturated heterocycles. The van der Waals surface area contributed by atoms with Crippen LogP contribution in [0, 0.1) is 0 Å². The van der Waals surface area contributed by atoms with Crippen molar-refractivity contribution in [2.24, 2.45) is 0 Å². The first kappa shape index (κ1) is 17.2. The number of piperazine rings is 1. The van der Waals surface area contributed by atoms with Gasteiger partial charge in [-0.05, 0) is 37.6 Å². The maximum absolute atomic E-state index is 12.7. The Balaban J connectivity index is 1.77. The second-order valence-electron chi connectivity index (χ2n) is 6.37. The van der Waals surface area contributed by atoms with Crippen molar-refractivity contribution in [2.45, 2.75) is 19.8 Å². The Labute approximate surface area is 144 Å². The number of benzene rings is 1. The van der Waals surface area contributed by atoms with E-state index in [2.05, 4.69) is 11.8 Å². The van der Waals surface area contributed by atoms with Gasteiger partial charge in [-0.3, -0.25) is 9.10 Å². The van der Waals surface area contributed by atoms with Crippen LogP contribution < -0.4 is 4.31 Å². The number of sulfonamides is 1. The number of rotatable bonds is 3. The molecule has 0 saturated carbocycles. The lowest BCUT2D eigenvalue weighted by molar-refractivity contribution is 0.0643. The van der Waals surface area contributed by atoms with Crippen LogP contribution >= 0.6 is 0 Å².